The highest BCUT2D eigenvalue weighted by molar-refractivity contribution is 6.55. The largest absolute Gasteiger partial charge is 0.490 e. The molecule has 90 valence electrons. The van der Waals surface area contributed by atoms with Crippen molar-refractivity contribution in [3.05, 3.63) is 11.5 Å². The molecule has 16 heavy (non-hydrogen) atoms. The van der Waals surface area contributed by atoms with Crippen molar-refractivity contribution in [1.82, 2.24) is 0 Å². The Bertz CT molecular complexity index is 302. The van der Waals surface area contributed by atoms with Gasteiger partial charge in [-0.15, -0.1) is 0 Å². The van der Waals surface area contributed by atoms with Crippen LogP contribution in [0, 0.1) is 0 Å². The highest BCUT2D eigenvalue weighted by Crippen LogP contribution is 2.38. The van der Waals surface area contributed by atoms with Gasteiger partial charge in [-0.25, -0.2) is 0 Å². The molecule has 0 N–H and O–H groups in total. The summed E-state index contributed by atoms with van der Waals surface area (Å²) in [5.41, 5.74) is 0.219. The summed E-state index contributed by atoms with van der Waals surface area (Å²) in [5.74, 6) is 0.0339. The van der Waals surface area contributed by atoms with Gasteiger partial charge in [0, 0.05) is 0 Å². The number of hydrogen-bond acceptors (Lipinski definition) is 3. The van der Waals surface area contributed by atoms with E-state index < -0.39 is 0 Å². The van der Waals surface area contributed by atoms with Crippen LogP contribution in [0.5, 0.6) is 0 Å². The molecular formula is C12H21BO3. The van der Waals surface area contributed by atoms with Gasteiger partial charge in [-0.1, -0.05) is 6.92 Å². The summed E-state index contributed by atoms with van der Waals surface area (Å²) in [7, 11) is -0.390. The molecule has 0 aromatic carbocycles. The molecule has 0 atom stereocenters. The van der Waals surface area contributed by atoms with E-state index in [0.717, 1.165) is 11.9 Å². The maximum atomic E-state index is 11.1. The van der Waals surface area contributed by atoms with E-state index in [1.54, 1.807) is 13.0 Å². The van der Waals surface area contributed by atoms with Crippen molar-refractivity contribution >= 4 is 12.9 Å². The van der Waals surface area contributed by atoms with Crippen LogP contribution in [0.1, 0.15) is 48.0 Å². The first-order valence-corrected chi connectivity index (χ1v) is 5.76. The van der Waals surface area contributed by atoms with Crippen LogP contribution in [-0.2, 0) is 14.1 Å². The molecule has 3 nitrogen and oxygen atoms in total. The molecule has 0 aliphatic carbocycles. The van der Waals surface area contributed by atoms with Gasteiger partial charge in [0.05, 0.1) is 11.2 Å². The molecular weight excluding hydrogens is 203 g/mol. The highest BCUT2D eigenvalue weighted by atomic mass is 16.7. The van der Waals surface area contributed by atoms with Crippen molar-refractivity contribution in [2.24, 2.45) is 0 Å². The maximum Gasteiger partial charge on any atom is 0.490 e. The summed E-state index contributed by atoms with van der Waals surface area (Å²) >= 11 is 0. The summed E-state index contributed by atoms with van der Waals surface area (Å²) in [6, 6.07) is 0. The topological polar surface area (TPSA) is 35.5 Å². The molecule has 0 aromatic rings. The van der Waals surface area contributed by atoms with Gasteiger partial charge in [0.1, 0.15) is 0 Å². The van der Waals surface area contributed by atoms with Crippen LogP contribution in [0.4, 0.5) is 0 Å². The van der Waals surface area contributed by atoms with Gasteiger partial charge in [0.15, 0.2) is 5.78 Å². The number of hydrogen-bond donors (Lipinski definition) is 0. The van der Waals surface area contributed by atoms with Crippen LogP contribution in [-0.4, -0.2) is 24.1 Å². The van der Waals surface area contributed by atoms with E-state index in [1.807, 2.05) is 34.6 Å². The fraction of sp³-hybridized carbons (Fsp3) is 0.750. The van der Waals surface area contributed by atoms with E-state index in [9.17, 15) is 4.79 Å². The third-order valence-corrected chi connectivity index (χ3v) is 3.35. The number of carbonyl (C=O) groups excluding carboxylic acids is 1. The standard InChI is InChI=1S/C12H21BO3/c1-7-10(8-9(2)14)13-15-11(3,4)12(5,6)16-13/h8H,7H2,1-6H3/b10-8+. The Morgan fingerprint density at radius 3 is 1.94 bits per heavy atom. The molecule has 0 amide bonds. The van der Waals surface area contributed by atoms with E-state index in [2.05, 4.69) is 0 Å². The molecule has 1 rings (SSSR count). The van der Waals surface area contributed by atoms with Crippen molar-refractivity contribution < 1.29 is 14.1 Å². The van der Waals surface area contributed by atoms with Gasteiger partial charge in [-0.05, 0) is 52.6 Å². The summed E-state index contributed by atoms with van der Waals surface area (Å²) < 4.78 is 11.8. The Morgan fingerprint density at radius 1 is 1.19 bits per heavy atom. The minimum Gasteiger partial charge on any atom is -0.400 e. The molecule has 0 radical (unpaired) electrons. The minimum atomic E-state index is -0.390. The second-order valence-corrected chi connectivity index (χ2v) is 5.27. The summed E-state index contributed by atoms with van der Waals surface area (Å²) in [6.07, 6.45) is 2.37. The smallest absolute Gasteiger partial charge is 0.400 e. The Kier molecular flexibility index (Phi) is 3.65. The molecule has 1 fully saturated rings. The average Bonchev–Trinajstić information content (AvgIpc) is 2.31. The molecule has 0 saturated carbocycles. The Morgan fingerprint density at radius 2 is 1.62 bits per heavy atom. The summed E-state index contributed by atoms with van der Waals surface area (Å²) in [6.45, 7) is 11.6. The Hall–Kier alpha value is -0.605. The Balaban J connectivity index is 2.90. The number of rotatable bonds is 3. The number of carbonyl (C=O) groups is 1. The minimum absolute atomic E-state index is 0.0339. The van der Waals surface area contributed by atoms with E-state index in [4.69, 9.17) is 9.31 Å². The van der Waals surface area contributed by atoms with E-state index in [-0.39, 0.29) is 24.1 Å². The van der Waals surface area contributed by atoms with Crippen molar-refractivity contribution in [3.63, 3.8) is 0 Å². The van der Waals surface area contributed by atoms with Gasteiger partial charge in [0.25, 0.3) is 0 Å². The highest BCUT2D eigenvalue weighted by Gasteiger charge is 2.52. The van der Waals surface area contributed by atoms with Crippen LogP contribution in [0.15, 0.2) is 11.5 Å². The lowest BCUT2D eigenvalue weighted by atomic mass is 9.76. The zero-order valence-electron chi connectivity index (χ0n) is 11.1. The average molecular weight is 224 g/mol. The van der Waals surface area contributed by atoms with Crippen molar-refractivity contribution in [1.29, 1.82) is 0 Å². The fourth-order valence-corrected chi connectivity index (χ4v) is 1.59. The number of ketones is 1. The lowest BCUT2D eigenvalue weighted by Crippen LogP contribution is -2.41. The predicted octanol–water partition coefficient (Wildman–Crippen LogP) is 2.54. The monoisotopic (exact) mass is 224 g/mol. The summed E-state index contributed by atoms with van der Waals surface area (Å²) in [5, 5.41) is 0. The SMILES string of the molecule is CC/C(=C\C(C)=O)B1OC(C)(C)C(C)(C)O1. The zero-order valence-corrected chi connectivity index (χ0v) is 11.1. The molecule has 0 bridgehead atoms. The van der Waals surface area contributed by atoms with Crippen molar-refractivity contribution in [2.45, 2.75) is 59.2 Å². The van der Waals surface area contributed by atoms with E-state index in [0.29, 0.717) is 0 Å². The van der Waals surface area contributed by atoms with Crippen LogP contribution in [0.3, 0.4) is 0 Å². The van der Waals surface area contributed by atoms with Crippen molar-refractivity contribution in [2.75, 3.05) is 0 Å². The molecule has 0 spiro atoms. The van der Waals surface area contributed by atoms with Gasteiger partial charge in [-0.2, -0.15) is 0 Å². The quantitative estimate of drug-likeness (QED) is 0.545. The molecule has 1 aliphatic heterocycles. The third-order valence-electron chi connectivity index (χ3n) is 3.35. The van der Waals surface area contributed by atoms with E-state index in [1.165, 1.54) is 0 Å². The van der Waals surface area contributed by atoms with Gasteiger partial charge < -0.3 is 9.31 Å². The lowest BCUT2D eigenvalue weighted by Gasteiger charge is -2.32. The molecule has 4 heteroatoms. The number of allylic oxidation sites excluding steroid dienone is 2. The maximum absolute atomic E-state index is 11.1. The third kappa shape index (κ3) is 2.55. The molecule has 1 aliphatic rings. The first-order valence-electron chi connectivity index (χ1n) is 5.76. The zero-order chi connectivity index (χ0) is 12.6. The first kappa shape index (κ1) is 13.5. The van der Waals surface area contributed by atoms with Crippen LogP contribution in [0.25, 0.3) is 0 Å². The van der Waals surface area contributed by atoms with Crippen LogP contribution < -0.4 is 0 Å². The molecule has 0 aromatic heterocycles. The van der Waals surface area contributed by atoms with Gasteiger partial charge in [-0.3, -0.25) is 4.79 Å². The second-order valence-electron chi connectivity index (χ2n) is 5.27. The fourth-order valence-electron chi connectivity index (χ4n) is 1.59. The Labute approximate surface area is 98.3 Å². The second kappa shape index (κ2) is 4.34. The van der Waals surface area contributed by atoms with E-state index >= 15 is 0 Å². The van der Waals surface area contributed by atoms with Gasteiger partial charge >= 0.3 is 7.12 Å². The molecule has 0 unspecified atom stereocenters. The first-order chi connectivity index (χ1) is 7.19. The predicted molar refractivity (Wildman–Crippen MR) is 65.1 cm³/mol. The molecule has 1 saturated heterocycles. The summed E-state index contributed by atoms with van der Waals surface area (Å²) in [4.78, 5) is 11.1. The van der Waals surface area contributed by atoms with Crippen LogP contribution in [0.2, 0.25) is 0 Å². The normalized spacial score (nSPS) is 23.6. The van der Waals surface area contributed by atoms with Gasteiger partial charge in [0.2, 0.25) is 0 Å². The van der Waals surface area contributed by atoms with Crippen LogP contribution >= 0.6 is 0 Å². The molecule has 1 heterocycles. The van der Waals surface area contributed by atoms with Crippen molar-refractivity contribution in [3.8, 4) is 0 Å². The lowest BCUT2D eigenvalue weighted by molar-refractivity contribution is -0.112.